The molecular formula is C18H10AsCl2O4. The van der Waals surface area contributed by atoms with Crippen molar-refractivity contribution >= 4 is 53.8 Å². The average molecular weight is 436 g/mol. The summed E-state index contributed by atoms with van der Waals surface area (Å²) in [6, 6.07) is 13.0. The third-order valence-corrected chi connectivity index (χ3v) is 6.22. The molecule has 0 unspecified atom stereocenters. The molecule has 0 bridgehead atoms. The Bertz CT molecular complexity index is 952. The molecule has 1 heterocycles. The van der Waals surface area contributed by atoms with Crippen LogP contribution in [0.1, 0.15) is 20.7 Å². The number of carboxylic acids is 1. The minimum absolute atomic E-state index is 0.0901. The van der Waals surface area contributed by atoms with Gasteiger partial charge in [-0.2, -0.15) is 0 Å². The molecule has 1 aromatic heterocycles. The van der Waals surface area contributed by atoms with Crippen molar-refractivity contribution < 1.29 is 19.1 Å². The Morgan fingerprint density at radius 3 is 2.44 bits per heavy atom. The zero-order chi connectivity index (χ0) is 18.0. The van der Waals surface area contributed by atoms with Crippen LogP contribution in [0.5, 0.6) is 0 Å². The Morgan fingerprint density at radius 1 is 1.00 bits per heavy atom. The molecule has 0 aliphatic heterocycles. The molecule has 4 nitrogen and oxygen atoms in total. The summed E-state index contributed by atoms with van der Waals surface area (Å²) in [5.41, 5.74) is 1.08. The van der Waals surface area contributed by atoms with Gasteiger partial charge in [0.1, 0.15) is 0 Å². The fourth-order valence-electron chi connectivity index (χ4n) is 2.23. The first-order chi connectivity index (χ1) is 12.0. The molecular weight excluding hydrogens is 426 g/mol. The number of aromatic carboxylic acids is 1. The van der Waals surface area contributed by atoms with Crippen molar-refractivity contribution in [2.75, 3.05) is 0 Å². The molecule has 0 saturated carbocycles. The van der Waals surface area contributed by atoms with Crippen molar-refractivity contribution in [3.05, 3.63) is 76.0 Å². The van der Waals surface area contributed by atoms with Gasteiger partial charge in [-0.3, -0.25) is 0 Å². The zero-order valence-corrected chi connectivity index (χ0v) is 16.0. The molecule has 1 radical (unpaired) electrons. The van der Waals surface area contributed by atoms with Crippen LogP contribution in [0.15, 0.2) is 59.2 Å². The van der Waals surface area contributed by atoms with E-state index in [1.807, 2.05) is 0 Å². The molecule has 25 heavy (non-hydrogen) atoms. The average Bonchev–Trinajstić information content (AvgIpc) is 3.09. The van der Waals surface area contributed by atoms with E-state index < -0.39 is 21.7 Å². The minimum atomic E-state index is -1.09. The maximum absolute atomic E-state index is 12.5. The Hall–Kier alpha value is -2.00. The van der Waals surface area contributed by atoms with Gasteiger partial charge in [0.25, 0.3) is 0 Å². The second-order valence-corrected chi connectivity index (χ2v) is 8.23. The van der Waals surface area contributed by atoms with Crippen LogP contribution < -0.4 is 4.35 Å². The van der Waals surface area contributed by atoms with Crippen LogP contribution >= 0.6 is 23.2 Å². The van der Waals surface area contributed by atoms with Crippen LogP contribution in [0.2, 0.25) is 10.0 Å². The number of carboxylic acid groups (broad SMARTS) is 1. The van der Waals surface area contributed by atoms with Gasteiger partial charge in [0.15, 0.2) is 0 Å². The Morgan fingerprint density at radius 2 is 1.80 bits per heavy atom. The third-order valence-electron chi connectivity index (χ3n) is 3.42. The standard InChI is InChI=1S/C18H10AsCl2O4/c20-11-4-5-12(15(21)9-11)17(22)19-14-6-3-10(8-13(14)18(23)24)16-2-1-7-25-16/h1-9H,(H,23,24). The normalized spacial score (nSPS) is 11.1. The van der Waals surface area contributed by atoms with Gasteiger partial charge in [0, 0.05) is 0 Å². The fourth-order valence-corrected chi connectivity index (χ4v) is 4.89. The number of carbonyl (C=O) groups excluding carboxylic acids is 1. The van der Waals surface area contributed by atoms with Gasteiger partial charge < -0.3 is 0 Å². The van der Waals surface area contributed by atoms with Crippen molar-refractivity contribution in [2.45, 2.75) is 0 Å². The van der Waals surface area contributed by atoms with Gasteiger partial charge in [-0.15, -0.1) is 0 Å². The van der Waals surface area contributed by atoms with Crippen LogP contribution in [0.3, 0.4) is 0 Å². The molecule has 0 aliphatic rings. The summed E-state index contributed by atoms with van der Waals surface area (Å²) >= 11 is 10.8. The molecule has 0 spiro atoms. The first kappa shape index (κ1) is 17.8. The van der Waals surface area contributed by atoms with Gasteiger partial charge in [-0.1, -0.05) is 0 Å². The van der Waals surface area contributed by atoms with E-state index in [0.29, 0.717) is 26.3 Å². The molecule has 0 saturated heterocycles. The number of halogens is 2. The summed E-state index contributed by atoms with van der Waals surface area (Å²) in [5, 5.41) is 10.2. The zero-order valence-electron chi connectivity index (χ0n) is 12.6. The monoisotopic (exact) mass is 435 g/mol. The first-order valence-electron chi connectivity index (χ1n) is 7.08. The van der Waals surface area contributed by atoms with Crippen LogP contribution in [-0.4, -0.2) is 31.4 Å². The molecule has 0 amide bonds. The summed E-state index contributed by atoms with van der Waals surface area (Å²) in [6.45, 7) is 0. The number of hydrogen-bond acceptors (Lipinski definition) is 3. The number of furan rings is 1. The summed E-state index contributed by atoms with van der Waals surface area (Å²) < 4.78 is 5.60. The van der Waals surface area contributed by atoms with Crippen LogP contribution in [0.25, 0.3) is 11.3 Å². The molecule has 1 N–H and O–H groups in total. The first-order valence-corrected chi connectivity index (χ1v) is 9.71. The molecule has 0 aliphatic carbocycles. The summed E-state index contributed by atoms with van der Waals surface area (Å²) in [5.74, 6) is -0.522. The van der Waals surface area contributed by atoms with E-state index in [9.17, 15) is 14.7 Å². The molecule has 7 heteroatoms. The van der Waals surface area contributed by atoms with E-state index in [1.165, 1.54) is 18.4 Å². The van der Waals surface area contributed by atoms with E-state index in [2.05, 4.69) is 0 Å². The summed E-state index contributed by atoms with van der Waals surface area (Å²) in [7, 11) is 0. The van der Waals surface area contributed by atoms with Crippen LogP contribution in [-0.2, 0) is 0 Å². The van der Waals surface area contributed by atoms with E-state index in [1.54, 1.807) is 36.4 Å². The van der Waals surface area contributed by atoms with Gasteiger partial charge in [-0.25, -0.2) is 0 Å². The predicted molar refractivity (Wildman–Crippen MR) is 97.3 cm³/mol. The van der Waals surface area contributed by atoms with Crippen molar-refractivity contribution in [2.24, 2.45) is 0 Å². The van der Waals surface area contributed by atoms with Crippen LogP contribution in [0.4, 0.5) is 0 Å². The predicted octanol–water partition coefficient (Wildman–Crippen LogP) is 4.12. The second kappa shape index (κ2) is 7.49. The molecule has 0 atom stereocenters. The Kier molecular flexibility index (Phi) is 5.33. The fraction of sp³-hybridized carbons (Fsp3) is 0. The van der Waals surface area contributed by atoms with Gasteiger partial charge >= 0.3 is 160 Å². The van der Waals surface area contributed by atoms with Gasteiger partial charge in [0.2, 0.25) is 0 Å². The molecule has 2 aromatic carbocycles. The number of benzene rings is 2. The quantitative estimate of drug-likeness (QED) is 0.612. The Balaban J connectivity index is 1.94. The van der Waals surface area contributed by atoms with Crippen molar-refractivity contribution in [3.8, 4) is 11.3 Å². The number of rotatable bonds is 5. The third kappa shape index (κ3) is 3.98. The van der Waals surface area contributed by atoms with E-state index in [-0.39, 0.29) is 15.2 Å². The van der Waals surface area contributed by atoms with Gasteiger partial charge in [-0.05, 0) is 0 Å². The second-order valence-electron chi connectivity index (χ2n) is 5.06. The van der Waals surface area contributed by atoms with Crippen LogP contribution in [0, 0.1) is 0 Å². The van der Waals surface area contributed by atoms with E-state index >= 15 is 0 Å². The number of hydrogen-bond donors (Lipinski definition) is 1. The topological polar surface area (TPSA) is 67.5 Å². The molecule has 3 rings (SSSR count). The Labute approximate surface area is 160 Å². The SMILES string of the molecule is O=C([As]c1ccc(-c2ccco2)cc1C(=O)O)c1ccc(Cl)cc1Cl. The molecule has 3 aromatic rings. The summed E-state index contributed by atoms with van der Waals surface area (Å²) in [4.78, 5) is 24.1. The summed E-state index contributed by atoms with van der Waals surface area (Å²) in [6.07, 6.45) is 1.52. The van der Waals surface area contributed by atoms with Gasteiger partial charge in [0.05, 0.1) is 0 Å². The van der Waals surface area contributed by atoms with E-state index in [4.69, 9.17) is 27.6 Å². The van der Waals surface area contributed by atoms with Crippen molar-refractivity contribution in [1.29, 1.82) is 0 Å². The maximum atomic E-state index is 12.5. The number of carbonyl (C=O) groups is 2. The van der Waals surface area contributed by atoms with Crippen molar-refractivity contribution in [3.63, 3.8) is 0 Å². The van der Waals surface area contributed by atoms with Crippen molar-refractivity contribution in [1.82, 2.24) is 0 Å². The molecule has 0 fully saturated rings. The van der Waals surface area contributed by atoms with E-state index in [0.717, 1.165) is 0 Å². The molecule has 125 valence electrons.